The van der Waals surface area contributed by atoms with Crippen molar-refractivity contribution in [1.82, 2.24) is 10.1 Å². The van der Waals surface area contributed by atoms with E-state index in [1.54, 1.807) is 0 Å². The number of aryl methyl sites for hydroxylation is 1. The van der Waals surface area contributed by atoms with Crippen molar-refractivity contribution in [2.75, 3.05) is 11.4 Å². The molecule has 3 rings (SSSR count). The Bertz CT molecular complexity index is 669. The van der Waals surface area contributed by atoms with Crippen LogP contribution < -0.4 is 4.90 Å². The van der Waals surface area contributed by atoms with Crippen molar-refractivity contribution < 1.29 is 13.3 Å². The SMILES string of the molecule is CC(C)Cc1nc(CN2CCCc3cc(F)cc(F)c32)no1. The van der Waals surface area contributed by atoms with Crippen LogP contribution >= 0.6 is 0 Å². The van der Waals surface area contributed by atoms with Crippen LogP contribution in [-0.4, -0.2) is 16.7 Å². The normalized spacial score (nSPS) is 14.5. The number of aromatic nitrogens is 2. The van der Waals surface area contributed by atoms with Crippen molar-refractivity contribution in [1.29, 1.82) is 0 Å². The second kappa shape index (κ2) is 6.02. The molecule has 0 unspecified atom stereocenters. The molecule has 0 saturated heterocycles. The van der Waals surface area contributed by atoms with Gasteiger partial charge in [-0.3, -0.25) is 0 Å². The van der Waals surface area contributed by atoms with Crippen LogP contribution in [0.25, 0.3) is 0 Å². The van der Waals surface area contributed by atoms with Gasteiger partial charge < -0.3 is 9.42 Å². The number of nitrogens with zero attached hydrogens (tertiary/aromatic N) is 3. The molecule has 0 amide bonds. The number of fused-ring (bicyclic) bond motifs is 1. The van der Waals surface area contributed by atoms with E-state index in [0.29, 0.717) is 48.4 Å². The molecule has 0 atom stereocenters. The molecule has 2 aromatic rings. The monoisotopic (exact) mass is 307 g/mol. The molecule has 0 saturated carbocycles. The lowest BCUT2D eigenvalue weighted by Crippen LogP contribution is -2.30. The lowest BCUT2D eigenvalue weighted by molar-refractivity contribution is 0.358. The highest BCUT2D eigenvalue weighted by atomic mass is 19.1. The molecule has 1 aliphatic rings. The third-order valence-electron chi connectivity index (χ3n) is 3.72. The van der Waals surface area contributed by atoms with Gasteiger partial charge in [0.15, 0.2) is 5.82 Å². The zero-order valence-electron chi connectivity index (χ0n) is 12.8. The molecule has 0 bridgehead atoms. The minimum Gasteiger partial charge on any atom is -0.361 e. The first kappa shape index (κ1) is 14.9. The molecule has 118 valence electrons. The van der Waals surface area contributed by atoms with Crippen LogP contribution in [0, 0.1) is 17.6 Å². The van der Waals surface area contributed by atoms with Crippen LogP contribution in [0.15, 0.2) is 16.7 Å². The zero-order valence-corrected chi connectivity index (χ0v) is 12.8. The molecule has 0 spiro atoms. The Morgan fingerprint density at radius 1 is 1.32 bits per heavy atom. The van der Waals surface area contributed by atoms with E-state index in [1.807, 2.05) is 4.90 Å². The summed E-state index contributed by atoms with van der Waals surface area (Å²) in [5.74, 6) is 0.510. The van der Waals surface area contributed by atoms with Crippen molar-refractivity contribution >= 4 is 5.69 Å². The fraction of sp³-hybridized carbons (Fsp3) is 0.500. The molecular weight excluding hydrogens is 288 g/mol. The number of halogens is 2. The van der Waals surface area contributed by atoms with Gasteiger partial charge in [0, 0.05) is 19.0 Å². The van der Waals surface area contributed by atoms with Gasteiger partial charge in [0.25, 0.3) is 0 Å². The molecule has 4 nitrogen and oxygen atoms in total. The lowest BCUT2D eigenvalue weighted by atomic mass is 10.0. The first-order valence-corrected chi connectivity index (χ1v) is 7.57. The number of anilines is 1. The van der Waals surface area contributed by atoms with Crippen molar-refractivity contribution in [3.63, 3.8) is 0 Å². The molecule has 0 radical (unpaired) electrons. The predicted molar refractivity (Wildman–Crippen MR) is 78.6 cm³/mol. The van der Waals surface area contributed by atoms with E-state index in [1.165, 1.54) is 6.07 Å². The smallest absolute Gasteiger partial charge is 0.226 e. The fourth-order valence-corrected chi connectivity index (χ4v) is 2.85. The average Bonchev–Trinajstić information content (AvgIpc) is 2.84. The quantitative estimate of drug-likeness (QED) is 0.867. The van der Waals surface area contributed by atoms with Crippen molar-refractivity contribution in [2.24, 2.45) is 5.92 Å². The molecule has 1 aromatic carbocycles. The largest absolute Gasteiger partial charge is 0.361 e. The molecule has 2 heterocycles. The fourth-order valence-electron chi connectivity index (χ4n) is 2.85. The van der Waals surface area contributed by atoms with Gasteiger partial charge in [-0.1, -0.05) is 19.0 Å². The standard InChI is InChI=1S/C16H19F2N3O/c1-10(2)6-15-19-14(20-22-15)9-21-5-3-4-11-7-12(17)8-13(18)16(11)21/h7-8,10H,3-6,9H2,1-2H3. The van der Waals surface area contributed by atoms with E-state index in [-0.39, 0.29) is 0 Å². The Morgan fingerprint density at radius 2 is 2.14 bits per heavy atom. The van der Waals surface area contributed by atoms with Gasteiger partial charge in [-0.25, -0.2) is 8.78 Å². The molecule has 1 aliphatic heterocycles. The Morgan fingerprint density at radius 3 is 2.91 bits per heavy atom. The molecule has 0 aliphatic carbocycles. The van der Waals surface area contributed by atoms with Gasteiger partial charge in [-0.2, -0.15) is 4.98 Å². The Kier molecular flexibility index (Phi) is 4.09. The Hall–Kier alpha value is -1.98. The molecule has 0 fully saturated rings. The maximum absolute atomic E-state index is 14.1. The summed E-state index contributed by atoms with van der Waals surface area (Å²) >= 11 is 0. The van der Waals surface area contributed by atoms with Gasteiger partial charge in [0.2, 0.25) is 5.89 Å². The minimum atomic E-state index is -0.531. The van der Waals surface area contributed by atoms with E-state index in [2.05, 4.69) is 24.0 Å². The first-order chi connectivity index (χ1) is 10.5. The van der Waals surface area contributed by atoms with E-state index >= 15 is 0 Å². The summed E-state index contributed by atoms with van der Waals surface area (Å²) < 4.78 is 32.7. The third kappa shape index (κ3) is 3.10. The van der Waals surface area contributed by atoms with Crippen LogP contribution in [0.5, 0.6) is 0 Å². The van der Waals surface area contributed by atoms with E-state index < -0.39 is 11.6 Å². The zero-order chi connectivity index (χ0) is 15.7. The van der Waals surface area contributed by atoms with Crippen LogP contribution in [0.2, 0.25) is 0 Å². The minimum absolute atomic E-state index is 0.372. The maximum atomic E-state index is 14.1. The molecule has 1 aromatic heterocycles. The van der Waals surface area contributed by atoms with Crippen LogP contribution in [0.3, 0.4) is 0 Å². The summed E-state index contributed by atoms with van der Waals surface area (Å²) in [6.07, 6.45) is 2.26. The first-order valence-electron chi connectivity index (χ1n) is 7.57. The van der Waals surface area contributed by atoms with Crippen molar-refractivity contribution in [2.45, 2.75) is 39.7 Å². The molecule has 22 heavy (non-hydrogen) atoms. The average molecular weight is 307 g/mol. The lowest BCUT2D eigenvalue weighted by Gasteiger charge is -2.30. The van der Waals surface area contributed by atoms with Gasteiger partial charge in [0.1, 0.15) is 11.6 Å². The van der Waals surface area contributed by atoms with Gasteiger partial charge in [-0.05, 0) is 30.4 Å². The van der Waals surface area contributed by atoms with Gasteiger partial charge in [-0.15, -0.1) is 0 Å². The second-order valence-electron chi connectivity index (χ2n) is 6.12. The highest BCUT2D eigenvalue weighted by Crippen LogP contribution is 2.31. The molecular formula is C16H19F2N3O. The summed E-state index contributed by atoms with van der Waals surface area (Å²) in [4.78, 5) is 6.21. The molecule has 6 heteroatoms. The van der Waals surface area contributed by atoms with E-state index in [9.17, 15) is 8.78 Å². The Balaban J connectivity index is 1.81. The van der Waals surface area contributed by atoms with Crippen LogP contribution in [0.4, 0.5) is 14.5 Å². The number of hydrogen-bond donors (Lipinski definition) is 0. The number of rotatable bonds is 4. The van der Waals surface area contributed by atoms with E-state index in [4.69, 9.17) is 4.52 Å². The highest BCUT2D eigenvalue weighted by Gasteiger charge is 2.23. The summed E-state index contributed by atoms with van der Waals surface area (Å²) in [6.45, 7) is 5.23. The van der Waals surface area contributed by atoms with Crippen LogP contribution in [0.1, 0.15) is 37.5 Å². The van der Waals surface area contributed by atoms with Gasteiger partial charge in [0.05, 0.1) is 12.2 Å². The summed E-state index contributed by atoms with van der Waals surface area (Å²) in [7, 11) is 0. The topological polar surface area (TPSA) is 42.2 Å². The summed E-state index contributed by atoms with van der Waals surface area (Å²) in [5.41, 5.74) is 1.16. The van der Waals surface area contributed by atoms with Crippen molar-refractivity contribution in [3.05, 3.63) is 41.0 Å². The van der Waals surface area contributed by atoms with Crippen LogP contribution in [-0.2, 0) is 19.4 Å². The number of hydrogen-bond acceptors (Lipinski definition) is 4. The predicted octanol–water partition coefficient (Wildman–Crippen LogP) is 3.50. The maximum Gasteiger partial charge on any atom is 0.226 e. The summed E-state index contributed by atoms with van der Waals surface area (Å²) in [5, 5.41) is 3.96. The summed E-state index contributed by atoms with van der Waals surface area (Å²) in [6, 6.07) is 2.34. The molecule has 0 N–H and O–H groups in total. The second-order valence-corrected chi connectivity index (χ2v) is 6.12. The Labute approximate surface area is 128 Å². The highest BCUT2D eigenvalue weighted by molar-refractivity contribution is 5.56. The third-order valence-corrected chi connectivity index (χ3v) is 3.72. The van der Waals surface area contributed by atoms with Gasteiger partial charge >= 0.3 is 0 Å². The number of benzene rings is 1. The van der Waals surface area contributed by atoms with E-state index in [0.717, 1.165) is 18.9 Å². The van der Waals surface area contributed by atoms with Crippen molar-refractivity contribution in [3.8, 4) is 0 Å².